The van der Waals surface area contributed by atoms with Crippen molar-refractivity contribution in [1.29, 1.82) is 0 Å². The summed E-state index contributed by atoms with van der Waals surface area (Å²) in [6.07, 6.45) is 1.01. The number of nitrogens with zero attached hydrogens (tertiary/aromatic N) is 2. The fraction of sp³-hybridized carbons (Fsp3) is 0.406. The fourth-order valence-corrected chi connectivity index (χ4v) is 5.96. The minimum atomic E-state index is -0.604. The van der Waals surface area contributed by atoms with Gasteiger partial charge in [-0.2, -0.15) is 0 Å². The van der Waals surface area contributed by atoms with E-state index in [1.54, 1.807) is 30.2 Å². The number of benzene rings is 3. The first-order valence-corrected chi connectivity index (χ1v) is 13.7. The molecule has 1 heterocycles. The normalized spacial score (nSPS) is 19.2. The molecular formula is C32H36F2N2O4. The number of aryl methyl sites for hydroxylation is 1. The molecular weight excluding hydrogens is 514 g/mol. The molecule has 2 unspecified atom stereocenters. The van der Waals surface area contributed by atoms with Crippen LogP contribution >= 0.6 is 0 Å². The molecule has 0 spiro atoms. The molecule has 1 aliphatic carbocycles. The molecule has 3 aromatic carbocycles. The van der Waals surface area contributed by atoms with E-state index in [2.05, 4.69) is 4.90 Å². The number of hydrogen-bond donors (Lipinski definition) is 1. The number of rotatable bonds is 4. The second kappa shape index (κ2) is 11.0. The molecule has 1 saturated heterocycles. The van der Waals surface area contributed by atoms with Gasteiger partial charge >= 0.3 is 6.09 Å². The van der Waals surface area contributed by atoms with Crippen LogP contribution in [-0.2, 0) is 11.2 Å². The van der Waals surface area contributed by atoms with Crippen molar-refractivity contribution in [2.45, 2.75) is 51.0 Å². The number of amides is 1. The third kappa shape index (κ3) is 5.71. The van der Waals surface area contributed by atoms with E-state index in [4.69, 9.17) is 9.47 Å². The summed E-state index contributed by atoms with van der Waals surface area (Å²) in [6, 6.07) is 15.2. The van der Waals surface area contributed by atoms with Gasteiger partial charge in [0.15, 0.2) is 0 Å². The molecule has 0 aromatic heterocycles. The number of piperazine rings is 1. The summed E-state index contributed by atoms with van der Waals surface area (Å²) < 4.78 is 40.3. The zero-order chi connectivity index (χ0) is 28.6. The largest absolute Gasteiger partial charge is 0.508 e. The van der Waals surface area contributed by atoms with Crippen LogP contribution in [0.25, 0.3) is 0 Å². The zero-order valence-electron chi connectivity index (χ0n) is 23.4. The van der Waals surface area contributed by atoms with Crippen molar-refractivity contribution in [3.63, 3.8) is 0 Å². The molecule has 0 saturated carbocycles. The van der Waals surface area contributed by atoms with Gasteiger partial charge in [-0.25, -0.2) is 13.6 Å². The molecule has 8 heteroatoms. The third-order valence-electron chi connectivity index (χ3n) is 7.80. The van der Waals surface area contributed by atoms with E-state index in [1.807, 2.05) is 45.0 Å². The number of hydrogen-bond acceptors (Lipinski definition) is 5. The molecule has 2 atom stereocenters. The highest BCUT2D eigenvalue weighted by Gasteiger charge is 2.36. The smallest absolute Gasteiger partial charge is 0.410 e. The number of phenols is 1. The number of carbonyl (C=O) groups is 1. The average Bonchev–Trinajstić information content (AvgIpc) is 2.91. The summed E-state index contributed by atoms with van der Waals surface area (Å²) in [5.41, 5.74) is 3.80. The SMILES string of the molecule is COc1cc(N2CCN(C(=O)OC(C)(C)C)CC2)ccc1C1c2ccc(O)cc2CCC1c1ccc(F)cc1F. The van der Waals surface area contributed by atoms with Crippen LogP contribution < -0.4 is 9.64 Å². The minimum absolute atomic E-state index is 0.191. The number of halogens is 2. The summed E-state index contributed by atoms with van der Waals surface area (Å²) in [7, 11) is 1.62. The number of fused-ring (bicyclic) bond motifs is 1. The first-order valence-electron chi connectivity index (χ1n) is 13.7. The van der Waals surface area contributed by atoms with Gasteiger partial charge in [-0.05, 0) is 80.5 Å². The Morgan fingerprint density at radius 3 is 2.30 bits per heavy atom. The molecule has 1 N–H and O–H groups in total. The Kier molecular flexibility index (Phi) is 7.62. The van der Waals surface area contributed by atoms with Gasteiger partial charge in [0, 0.05) is 55.5 Å². The minimum Gasteiger partial charge on any atom is -0.508 e. The van der Waals surface area contributed by atoms with Gasteiger partial charge < -0.3 is 24.4 Å². The fourth-order valence-electron chi connectivity index (χ4n) is 5.96. The predicted octanol–water partition coefficient (Wildman–Crippen LogP) is 6.60. The molecule has 6 nitrogen and oxygen atoms in total. The van der Waals surface area contributed by atoms with E-state index in [0.29, 0.717) is 50.3 Å². The van der Waals surface area contributed by atoms with Gasteiger partial charge in [-0.1, -0.05) is 18.2 Å². The number of aromatic hydroxyl groups is 1. The van der Waals surface area contributed by atoms with E-state index < -0.39 is 17.2 Å². The maximum absolute atomic E-state index is 15.1. The van der Waals surface area contributed by atoms with Crippen LogP contribution in [-0.4, -0.2) is 55.0 Å². The van der Waals surface area contributed by atoms with Crippen molar-refractivity contribution in [2.75, 3.05) is 38.2 Å². The van der Waals surface area contributed by atoms with Crippen LogP contribution in [0.2, 0.25) is 0 Å². The van der Waals surface area contributed by atoms with Crippen molar-refractivity contribution in [3.05, 3.63) is 88.5 Å². The lowest BCUT2D eigenvalue weighted by molar-refractivity contribution is 0.0240. The van der Waals surface area contributed by atoms with Gasteiger partial charge in [0.1, 0.15) is 28.7 Å². The second-order valence-electron chi connectivity index (χ2n) is 11.6. The molecule has 212 valence electrons. The lowest BCUT2D eigenvalue weighted by atomic mass is 9.69. The number of ether oxygens (including phenoxy) is 2. The third-order valence-corrected chi connectivity index (χ3v) is 7.80. The summed E-state index contributed by atoms with van der Waals surface area (Å²) in [6.45, 7) is 7.97. The molecule has 5 rings (SSSR count). The van der Waals surface area contributed by atoms with Gasteiger partial charge in [-0.3, -0.25) is 0 Å². The van der Waals surface area contributed by atoms with E-state index in [-0.39, 0.29) is 23.7 Å². The number of methoxy groups -OCH3 is 1. The first kappa shape index (κ1) is 27.7. The zero-order valence-corrected chi connectivity index (χ0v) is 23.4. The summed E-state index contributed by atoms with van der Waals surface area (Å²) >= 11 is 0. The maximum atomic E-state index is 15.1. The Bertz CT molecular complexity index is 1400. The van der Waals surface area contributed by atoms with E-state index >= 15 is 4.39 Å². The van der Waals surface area contributed by atoms with E-state index in [1.165, 1.54) is 6.07 Å². The Morgan fingerprint density at radius 2 is 1.62 bits per heavy atom. The van der Waals surface area contributed by atoms with Crippen LogP contribution in [0.4, 0.5) is 19.3 Å². The molecule has 0 bridgehead atoms. The molecule has 0 radical (unpaired) electrons. The van der Waals surface area contributed by atoms with Gasteiger partial charge in [-0.15, -0.1) is 0 Å². The van der Waals surface area contributed by atoms with Crippen molar-refractivity contribution in [2.24, 2.45) is 0 Å². The number of phenolic OH excluding ortho intramolecular Hbond substituents is 1. The number of anilines is 1. The molecule has 2 aliphatic rings. The standard InChI is InChI=1S/C32H36F2N2O4/c1-32(2,3)40-31(38)36-15-13-35(14-16-36)22-7-11-27(29(19-22)39-4)30-24-12-8-23(37)17-20(24)5-9-26(30)25-10-6-21(33)18-28(25)34/h6-8,10-12,17-19,26,30,37H,5,9,13-16H2,1-4H3. The van der Waals surface area contributed by atoms with Crippen LogP contribution in [0, 0.1) is 11.6 Å². The lowest BCUT2D eigenvalue weighted by Gasteiger charge is -2.38. The quantitative estimate of drug-likeness (QED) is 0.397. The summed E-state index contributed by atoms with van der Waals surface area (Å²) in [5.74, 6) is -0.794. The van der Waals surface area contributed by atoms with Crippen LogP contribution in [0.15, 0.2) is 54.6 Å². The summed E-state index contributed by atoms with van der Waals surface area (Å²) in [5, 5.41) is 10.1. The molecule has 40 heavy (non-hydrogen) atoms. The highest BCUT2D eigenvalue weighted by atomic mass is 19.1. The Hall–Kier alpha value is -3.81. The van der Waals surface area contributed by atoms with Crippen molar-refractivity contribution in [1.82, 2.24) is 4.90 Å². The van der Waals surface area contributed by atoms with Crippen LogP contribution in [0.5, 0.6) is 11.5 Å². The van der Waals surface area contributed by atoms with Crippen LogP contribution in [0.1, 0.15) is 61.3 Å². The highest BCUT2D eigenvalue weighted by Crippen LogP contribution is 2.50. The van der Waals surface area contributed by atoms with Crippen molar-refractivity contribution in [3.8, 4) is 11.5 Å². The van der Waals surface area contributed by atoms with E-state index in [9.17, 15) is 14.3 Å². The predicted molar refractivity (Wildman–Crippen MR) is 150 cm³/mol. The van der Waals surface area contributed by atoms with Gasteiger partial charge in [0.05, 0.1) is 7.11 Å². The van der Waals surface area contributed by atoms with Gasteiger partial charge in [0.25, 0.3) is 0 Å². The van der Waals surface area contributed by atoms with Gasteiger partial charge in [0.2, 0.25) is 0 Å². The molecule has 3 aromatic rings. The second-order valence-corrected chi connectivity index (χ2v) is 11.6. The lowest BCUT2D eigenvalue weighted by Crippen LogP contribution is -2.50. The average molecular weight is 551 g/mol. The summed E-state index contributed by atoms with van der Waals surface area (Å²) in [4.78, 5) is 16.4. The van der Waals surface area contributed by atoms with Crippen molar-refractivity contribution < 1.29 is 28.2 Å². The molecule has 1 aliphatic heterocycles. The maximum Gasteiger partial charge on any atom is 0.410 e. The highest BCUT2D eigenvalue weighted by molar-refractivity contribution is 5.69. The Morgan fingerprint density at radius 1 is 0.925 bits per heavy atom. The van der Waals surface area contributed by atoms with Crippen molar-refractivity contribution >= 4 is 11.8 Å². The first-order chi connectivity index (χ1) is 19.0. The topological polar surface area (TPSA) is 62.2 Å². The Labute approximate surface area is 234 Å². The monoisotopic (exact) mass is 550 g/mol. The van der Waals surface area contributed by atoms with Crippen LogP contribution in [0.3, 0.4) is 0 Å². The Balaban J connectivity index is 1.46. The van der Waals surface area contributed by atoms with E-state index in [0.717, 1.165) is 28.4 Å². The molecule has 1 fully saturated rings. The molecule has 1 amide bonds. The number of carbonyl (C=O) groups excluding carboxylic acids is 1.